The first-order valence-electron chi connectivity index (χ1n) is 5.22. The van der Waals surface area contributed by atoms with Gasteiger partial charge in [0.1, 0.15) is 11.5 Å². The minimum atomic E-state index is 0.422. The molecule has 2 aromatic carbocycles. The van der Waals surface area contributed by atoms with E-state index in [0.717, 1.165) is 11.5 Å². The molecule has 3 rings (SSSR count). The Hall–Kier alpha value is -1.70. The van der Waals surface area contributed by atoms with Crippen molar-refractivity contribution in [2.24, 2.45) is 0 Å². The van der Waals surface area contributed by atoms with Gasteiger partial charge in [0, 0.05) is 0 Å². The summed E-state index contributed by atoms with van der Waals surface area (Å²) in [7, 11) is 0. The molecule has 0 bridgehead atoms. The van der Waals surface area contributed by atoms with Crippen LogP contribution in [-0.2, 0) is 0 Å². The molecular formula is C13H11BO. The zero-order chi connectivity index (χ0) is 10.3. The standard InChI is InChI=1S/C13H11BO/c1-14-10-6-2-4-8-12(10)15-13-9-5-3-7-11(13)14/h2-9H,1H3. The second-order valence-corrected chi connectivity index (χ2v) is 3.90. The van der Waals surface area contributed by atoms with Crippen LogP contribution in [0, 0.1) is 0 Å². The Labute approximate surface area is 89.8 Å². The molecule has 0 saturated heterocycles. The van der Waals surface area contributed by atoms with Gasteiger partial charge in [-0.25, -0.2) is 0 Å². The zero-order valence-corrected chi connectivity index (χ0v) is 8.60. The number of fused-ring (bicyclic) bond motifs is 2. The topological polar surface area (TPSA) is 9.23 Å². The van der Waals surface area contributed by atoms with Crippen LogP contribution in [0.5, 0.6) is 11.5 Å². The third-order valence-electron chi connectivity index (χ3n) is 2.99. The molecule has 0 aliphatic carbocycles. The van der Waals surface area contributed by atoms with Crippen molar-refractivity contribution in [3.05, 3.63) is 48.5 Å². The van der Waals surface area contributed by atoms with Crippen LogP contribution in [0.2, 0.25) is 6.82 Å². The molecule has 1 nitrogen and oxygen atoms in total. The highest BCUT2D eigenvalue weighted by molar-refractivity contribution is 6.85. The predicted octanol–water partition coefficient (Wildman–Crippen LogP) is 2.03. The monoisotopic (exact) mass is 194 g/mol. The SMILES string of the molecule is CB1c2ccccc2Oc2ccccc21. The molecule has 2 aromatic rings. The Kier molecular flexibility index (Phi) is 1.81. The minimum Gasteiger partial charge on any atom is -0.458 e. The van der Waals surface area contributed by atoms with Crippen LogP contribution >= 0.6 is 0 Å². The van der Waals surface area contributed by atoms with Gasteiger partial charge < -0.3 is 4.74 Å². The largest absolute Gasteiger partial charge is 0.458 e. The molecule has 0 amide bonds. The molecule has 1 aliphatic rings. The molecule has 0 atom stereocenters. The third kappa shape index (κ3) is 1.25. The second kappa shape index (κ2) is 3.16. The van der Waals surface area contributed by atoms with Crippen LogP contribution in [0.25, 0.3) is 0 Å². The lowest BCUT2D eigenvalue weighted by Crippen LogP contribution is -2.43. The van der Waals surface area contributed by atoms with Gasteiger partial charge in [-0.1, -0.05) is 43.2 Å². The molecule has 15 heavy (non-hydrogen) atoms. The van der Waals surface area contributed by atoms with E-state index in [0.29, 0.717) is 6.71 Å². The van der Waals surface area contributed by atoms with E-state index in [2.05, 4.69) is 31.1 Å². The highest BCUT2D eigenvalue weighted by Gasteiger charge is 2.25. The first-order chi connectivity index (χ1) is 7.36. The number of rotatable bonds is 0. The van der Waals surface area contributed by atoms with Crippen molar-refractivity contribution in [3.63, 3.8) is 0 Å². The van der Waals surface area contributed by atoms with Gasteiger partial charge in [0.25, 0.3) is 0 Å². The molecule has 0 spiro atoms. The van der Waals surface area contributed by atoms with E-state index in [-0.39, 0.29) is 0 Å². The maximum absolute atomic E-state index is 5.85. The van der Waals surface area contributed by atoms with Crippen molar-refractivity contribution in [2.45, 2.75) is 6.82 Å². The summed E-state index contributed by atoms with van der Waals surface area (Å²) in [5, 5.41) is 0. The second-order valence-electron chi connectivity index (χ2n) is 3.90. The van der Waals surface area contributed by atoms with E-state index in [9.17, 15) is 0 Å². The molecule has 0 saturated carbocycles. The van der Waals surface area contributed by atoms with Gasteiger partial charge in [0.15, 0.2) is 0 Å². The highest BCUT2D eigenvalue weighted by atomic mass is 16.5. The van der Waals surface area contributed by atoms with Crippen LogP contribution in [0.3, 0.4) is 0 Å². The summed E-state index contributed by atoms with van der Waals surface area (Å²) >= 11 is 0. The Morgan fingerprint density at radius 1 is 0.800 bits per heavy atom. The number of hydrogen-bond donors (Lipinski definition) is 0. The summed E-state index contributed by atoms with van der Waals surface area (Å²) in [5.74, 6) is 1.98. The summed E-state index contributed by atoms with van der Waals surface area (Å²) in [6.45, 7) is 2.64. The Balaban J connectivity index is 2.20. The summed E-state index contributed by atoms with van der Waals surface area (Å²) in [5.41, 5.74) is 2.55. The van der Waals surface area contributed by atoms with E-state index in [4.69, 9.17) is 4.74 Å². The number of para-hydroxylation sites is 2. The van der Waals surface area contributed by atoms with Crippen LogP contribution in [-0.4, -0.2) is 6.71 Å². The zero-order valence-electron chi connectivity index (χ0n) is 8.60. The molecule has 0 N–H and O–H groups in total. The van der Waals surface area contributed by atoms with Crippen molar-refractivity contribution in [1.29, 1.82) is 0 Å². The van der Waals surface area contributed by atoms with Gasteiger partial charge >= 0.3 is 0 Å². The maximum Gasteiger partial charge on any atom is 0.216 e. The van der Waals surface area contributed by atoms with Gasteiger partial charge in [0.05, 0.1) is 0 Å². The molecule has 0 aromatic heterocycles. The van der Waals surface area contributed by atoms with Crippen LogP contribution in [0.15, 0.2) is 48.5 Å². The summed E-state index contributed by atoms with van der Waals surface area (Å²) in [6, 6.07) is 16.5. The van der Waals surface area contributed by atoms with Crippen molar-refractivity contribution in [3.8, 4) is 11.5 Å². The fourth-order valence-corrected chi connectivity index (χ4v) is 2.15. The van der Waals surface area contributed by atoms with E-state index in [1.165, 1.54) is 10.9 Å². The molecule has 1 heterocycles. The summed E-state index contributed by atoms with van der Waals surface area (Å²) < 4.78 is 5.85. The van der Waals surface area contributed by atoms with Gasteiger partial charge in [-0.2, -0.15) is 0 Å². The van der Waals surface area contributed by atoms with Gasteiger partial charge in [-0.3, -0.25) is 0 Å². The first kappa shape index (κ1) is 8.60. The summed E-state index contributed by atoms with van der Waals surface area (Å²) in [4.78, 5) is 0. The smallest absolute Gasteiger partial charge is 0.216 e. The lowest BCUT2D eigenvalue weighted by atomic mass is 9.41. The summed E-state index contributed by atoms with van der Waals surface area (Å²) in [6.07, 6.45) is 0. The average Bonchev–Trinajstić information content (AvgIpc) is 2.30. The lowest BCUT2D eigenvalue weighted by molar-refractivity contribution is 0.487. The Morgan fingerprint density at radius 2 is 1.27 bits per heavy atom. The fourth-order valence-electron chi connectivity index (χ4n) is 2.15. The van der Waals surface area contributed by atoms with Crippen LogP contribution in [0.4, 0.5) is 0 Å². The van der Waals surface area contributed by atoms with Crippen LogP contribution < -0.4 is 15.7 Å². The molecule has 1 aliphatic heterocycles. The molecule has 2 heteroatoms. The third-order valence-corrected chi connectivity index (χ3v) is 2.99. The van der Waals surface area contributed by atoms with E-state index in [1.54, 1.807) is 0 Å². The van der Waals surface area contributed by atoms with E-state index in [1.807, 2.05) is 24.3 Å². The Morgan fingerprint density at radius 3 is 1.80 bits per heavy atom. The van der Waals surface area contributed by atoms with Crippen molar-refractivity contribution in [2.75, 3.05) is 0 Å². The molecular weight excluding hydrogens is 183 g/mol. The highest BCUT2D eigenvalue weighted by Crippen LogP contribution is 2.23. The Bertz CT molecular complexity index is 462. The average molecular weight is 194 g/mol. The van der Waals surface area contributed by atoms with Crippen molar-refractivity contribution in [1.82, 2.24) is 0 Å². The van der Waals surface area contributed by atoms with E-state index < -0.39 is 0 Å². The normalized spacial score (nSPS) is 12.7. The molecule has 72 valence electrons. The van der Waals surface area contributed by atoms with Crippen molar-refractivity contribution >= 4 is 17.6 Å². The number of hydrogen-bond acceptors (Lipinski definition) is 1. The minimum absolute atomic E-state index is 0.422. The van der Waals surface area contributed by atoms with Crippen molar-refractivity contribution < 1.29 is 4.74 Å². The quantitative estimate of drug-likeness (QED) is 0.583. The van der Waals surface area contributed by atoms with E-state index >= 15 is 0 Å². The van der Waals surface area contributed by atoms with Crippen LogP contribution in [0.1, 0.15) is 0 Å². The molecule has 0 radical (unpaired) electrons. The van der Waals surface area contributed by atoms with Gasteiger partial charge in [-0.05, 0) is 23.1 Å². The predicted molar refractivity (Wildman–Crippen MR) is 63.8 cm³/mol. The maximum atomic E-state index is 5.85. The number of benzene rings is 2. The van der Waals surface area contributed by atoms with Gasteiger partial charge in [0.2, 0.25) is 6.71 Å². The number of ether oxygens (including phenoxy) is 1. The van der Waals surface area contributed by atoms with Gasteiger partial charge in [-0.15, -0.1) is 0 Å². The molecule has 0 unspecified atom stereocenters. The lowest BCUT2D eigenvalue weighted by Gasteiger charge is -2.23. The molecule has 0 fully saturated rings. The fraction of sp³-hybridized carbons (Fsp3) is 0.0769. The first-order valence-corrected chi connectivity index (χ1v) is 5.22.